The van der Waals surface area contributed by atoms with Gasteiger partial charge in [-0.05, 0) is 43.8 Å². The monoisotopic (exact) mass is 447 g/mol. The molecule has 0 bridgehead atoms. The van der Waals surface area contributed by atoms with Crippen LogP contribution < -0.4 is 0 Å². The first-order valence-corrected chi connectivity index (χ1v) is 12.0. The molecular formula is C25H37NO4S. The van der Waals surface area contributed by atoms with Crippen molar-refractivity contribution in [3.05, 3.63) is 33.8 Å². The van der Waals surface area contributed by atoms with Crippen LogP contribution in [-0.2, 0) is 14.3 Å². The van der Waals surface area contributed by atoms with Gasteiger partial charge in [0.05, 0.1) is 16.8 Å². The number of aliphatic hydroxyl groups is 1. The van der Waals surface area contributed by atoms with E-state index in [-0.39, 0.29) is 36.1 Å². The van der Waals surface area contributed by atoms with Gasteiger partial charge >= 0.3 is 5.97 Å². The van der Waals surface area contributed by atoms with Crippen molar-refractivity contribution in [1.82, 2.24) is 4.98 Å². The van der Waals surface area contributed by atoms with Gasteiger partial charge in [-0.2, -0.15) is 0 Å². The topological polar surface area (TPSA) is 76.5 Å². The van der Waals surface area contributed by atoms with Crippen LogP contribution in [0.25, 0.3) is 6.08 Å². The van der Waals surface area contributed by atoms with Crippen LogP contribution >= 0.6 is 11.3 Å². The second-order valence-corrected chi connectivity index (χ2v) is 10.6. The summed E-state index contributed by atoms with van der Waals surface area (Å²) in [6.45, 7) is 13.3. The lowest BCUT2D eigenvalue weighted by atomic mass is 9.69. The number of hydrogen-bond acceptors (Lipinski definition) is 6. The number of Topliss-reactive ketones (excluding diaryl/α,β-unsaturated/α-hetero) is 1. The van der Waals surface area contributed by atoms with Crippen LogP contribution in [0, 0.1) is 30.1 Å². The Labute approximate surface area is 190 Å². The zero-order chi connectivity index (χ0) is 23.3. The second-order valence-electron chi connectivity index (χ2n) is 9.55. The molecule has 0 unspecified atom stereocenters. The van der Waals surface area contributed by atoms with Gasteiger partial charge in [0.1, 0.15) is 11.9 Å². The Balaban J connectivity index is 2.31. The molecule has 1 aliphatic rings. The number of ether oxygens (including phenoxy) is 1. The smallest absolute Gasteiger partial charge is 0.306 e. The summed E-state index contributed by atoms with van der Waals surface area (Å²) in [5.74, 6) is -1.06. The van der Waals surface area contributed by atoms with E-state index in [0.717, 1.165) is 16.3 Å². The maximum atomic E-state index is 13.1. The number of nitrogens with zero attached hydrogens (tertiary/aromatic N) is 1. The number of aryl methyl sites for hydroxylation is 1. The fourth-order valence-electron chi connectivity index (χ4n) is 3.96. The summed E-state index contributed by atoms with van der Waals surface area (Å²) in [6.07, 6.45) is 6.23. The van der Waals surface area contributed by atoms with Crippen LogP contribution in [0.2, 0.25) is 0 Å². The normalized spacial score (nSPS) is 32.3. The zero-order valence-electron chi connectivity index (χ0n) is 19.8. The Morgan fingerprint density at radius 3 is 2.48 bits per heavy atom. The van der Waals surface area contributed by atoms with E-state index < -0.39 is 17.4 Å². The first-order chi connectivity index (χ1) is 14.4. The number of esters is 1. The highest BCUT2D eigenvalue weighted by Gasteiger charge is 2.41. The predicted molar refractivity (Wildman–Crippen MR) is 126 cm³/mol. The van der Waals surface area contributed by atoms with E-state index >= 15 is 0 Å². The lowest BCUT2D eigenvalue weighted by Gasteiger charge is -2.35. The SMILES string of the molecule is C/C(=C\c1csc(C)n1)[C@@H]1C/C=C/C[C@H](C)[C@H](O)[C@@H](C)C(=O)C(C)(C)[C@@H](C)CC(=O)O1. The van der Waals surface area contributed by atoms with Crippen LogP contribution in [-0.4, -0.2) is 34.1 Å². The minimum absolute atomic E-state index is 0.0142. The van der Waals surface area contributed by atoms with E-state index in [4.69, 9.17) is 4.74 Å². The van der Waals surface area contributed by atoms with E-state index in [1.54, 1.807) is 18.3 Å². The first kappa shape index (κ1) is 25.5. The molecule has 1 aromatic rings. The molecule has 0 radical (unpaired) electrons. The van der Waals surface area contributed by atoms with Gasteiger partial charge in [0, 0.05) is 29.6 Å². The van der Waals surface area contributed by atoms with Gasteiger partial charge in [-0.1, -0.05) is 46.8 Å². The average Bonchev–Trinajstić information content (AvgIpc) is 3.11. The van der Waals surface area contributed by atoms with E-state index in [9.17, 15) is 14.7 Å². The Morgan fingerprint density at radius 1 is 1.23 bits per heavy atom. The minimum Gasteiger partial charge on any atom is -0.457 e. The van der Waals surface area contributed by atoms with Crippen molar-refractivity contribution in [2.24, 2.45) is 23.2 Å². The molecule has 0 saturated carbocycles. The lowest BCUT2D eigenvalue weighted by molar-refractivity contribution is -0.150. The summed E-state index contributed by atoms with van der Waals surface area (Å²) >= 11 is 1.58. The van der Waals surface area contributed by atoms with Crippen molar-refractivity contribution < 1.29 is 19.4 Å². The first-order valence-electron chi connectivity index (χ1n) is 11.1. The average molecular weight is 448 g/mol. The molecule has 5 atom stereocenters. The van der Waals surface area contributed by atoms with Gasteiger partial charge in [0.2, 0.25) is 0 Å². The predicted octanol–water partition coefficient (Wildman–Crippen LogP) is 5.37. The largest absolute Gasteiger partial charge is 0.457 e. The second kappa shape index (κ2) is 10.7. The van der Waals surface area contributed by atoms with Crippen molar-refractivity contribution in [3.8, 4) is 0 Å². The van der Waals surface area contributed by atoms with Crippen molar-refractivity contribution in [1.29, 1.82) is 0 Å². The molecule has 5 nitrogen and oxygen atoms in total. The van der Waals surface area contributed by atoms with E-state index in [0.29, 0.717) is 12.8 Å². The maximum Gasteiger partial charge on any atom is 0.306 e. The summed E-state index contributed by atoms with van der Waals surface area (Å²) in [4.78, 5) is 30.4. The summed E-state index contributed by atoms with van der Waals surface area (Å²) in [6, 6.07) is 0. The highest BCUT2D eigenvalue weighted by atomic mass is 32.1. The number of cyclic esters (lactones) is 1. The van der Waals surface area contributed by atoms with Gasteiger partial charge in [-0.25, -0.2) is 4.98 Å². The molecule has 6 heteroatoms. The van der Waals surface area contributed by atoms with Gasteiger partial charge in [-0.3, -0.25) is 9.59 Å². The highest BCUT2D eigenvalue weighted by molar-refractivity contribution is 7.09. The van der Waals surface area contributed by atoms with E-state index in [1.165, 1.54) is 0 Å². The molecule has 0 spiro atoms. The molecule has 31 heavy (non-hydrogen) atoms. The van der Waals surface area contributed by atoms with Gasteiger partial charge in [-0.15, -0.1) is 11.3 Å². The molecule has 2 heterocycles. The number of allylic oxidation sites excluding steroid dienone is 1. The van der Waals surface area contributed by atoms with Gasteiger partial charge < -0.3 is 9.84 Å². The maximum absolute atomic E-state index is 13.1. The third-order valence-electron chi connectivity index (χ3n) is 6.67. The Hall–Kier alpha value is -1.79. The van der Waals surface area contributed by atoms with Crippen molar-refractivity contribution in [2.45, 2.75) is 79.9 Å². The molecule has 0 saturated heterocycles. The lowest BCUT2D eigenvalue weighted by Crippen LogP contribution is -2.42. The van der Waals surface area contributed by atoms with Crippen molar-refractivity contribution in [2.75, 3.05) is 0 Å². The molecule has 0 aliphatic carbocycles. The Morgan fingerprint density at radius 2 is 1.87 bits per heavy atom. The summed E-state index contributed by atoms with van der Waals surface area (Å²) < 4.78 is 5.87. The van der Waals surface area contributed by atoms with Gasteiger partial charge in [0.15, 0.2) is 0 Å². The quantitative estimate of drug-likeness (QED) is 0.487. The molecule has 1 aromatic heterocycles. The van der Waals surface area contributed by atoms with Crippen LogP contribution in [0.3, 0.4) is 0 Å². The molecule has 172 valence electrons. The number of hydrogen-bond donors (Lipinski definition) is 1. The fraction of sp³-hybridized carbons (Fsp3) is 0.640. The number of rotatable bonds is 2. The molecule has 1 N–H and O–H groups in total. The van der Waals surface area contributed by atoms with Gasteiger partial charge in [0.25, 0.3) is 0 Å². The molecule has 0 aromatic carbocycles. The molecule has 0 fully saturated rings. The third-order valence-corrected chi connectivity index (χ3v) is 7.46. The number of aliphatic hydroxyl groups excluding tert-OH is 1. The number of carbonyl (C=O) groups is 2. The van der Waals surface area contributed by atoms with E-state index in [2.05, 4.69) is 4.98 Å². The van der Waals surface area contributed by atoms with Crippen LogP contribution in [0.1, 0.15) is 71.5 Å². The fourth-order valence-corrected chi connectivity index (χ4v) is 4.53. The number of aromatic nitrogens is 1. The zero-order valence-corrected chi connectivity index (χ0v) is 20.7. The summed E-state index contributed by atoms with van der Waals surface area (Å²) in [7, 11) is 0. The third kappa shape index (κ3) is 6.59. The molecule has 2 rings (SSSR count). The van der Waals surface area contributed by atoms with E-state index in [1.807, 2.05) is 65.2 Å². The Kier molecular flexibility index (Phi) is 8.78. The molecular weight excluding hydrogens is 410 g/mol. The standard InChI is InChI=1S/C25H37NO4S/c1-15-10-8-9-11-21(16(2)12-20-14-31-19(5)26-20)30-22(27)13-17(3)25(6,7)24(29)18(4)23(15)28/h8-9,12,14-15,17-18,21,23,28H,10-11,13H2,1-7H3/b9-8+,16-12+/t15-,17-,18+,21-,23-/m0/s1. The highest BCUT2D eigenvalue weighted by Crippen LogP contribution is 2.35. The Bertz CT molecular complexity index is 838. The van der Waals surface area contributed by atoms with Crippen LogP contribution in [0.15, 0.2) is 23.1 Å². The van der Waals surface area contributed by atoms with Crippen LogP contribution in [0.4, 0.5) is 0 Å². The summed E-state index contributed by atoms with van der Waals surface area (Å²) in [5.41, 5.74) is 1.06. The molecule has 1 aliphatic heterocycles. The molecule has 0 amide bonds. The summed E-state index contributed by atoms with van der Waals surface area (Å²) in [5, 5.41) is 13.7. The number of carbonyl (C=O) groups excluding carboxylic acids is 2. The number of ketones is 1. The number of thiazole rings is 1. The van der Waals surface area contributed by atoms with Crippen molar-refractivity contribution in [3.63, 3.8) is 0 Å². The van der Waals surface area contributed by atoms with Crippen LogP contribution in [0.5, 0.6) is 0 Å². The minimum atomic E-state index is -0.738. The van der Waals surface area contributed by atoms with Crippen molar-refractivity contribution >= 4 is 29.2 Å².